The molecule has 0 aliphatic rings. The van der Waals surface area contributed by atoms with E-state index in [1.807, 2.05) is 23.6 Å². The predicted octanol–water partition coefficient (Wildman–Crippen LogP) is 4.26. The molecule has 0 aliphatic carbocycles. The maximum Gasteiger partial charge on any atom is 0.181 e. The van der Waals surface area contributed by atoms with Crippen LogP contribution >= 0.6 is 22.7 Å². The summed E-state index contributed by atoms with van der Waals surface area (Å²) in [6.45, 7) is 0. The second-order valence-corrected chi connectivity index (χ2v) is 5.70. The molecular formula is C13H9FN2S2. The van der Waals surface area contributed by atoms with E-state index in [0.717, 1.165) is 21.0 Å². The van der Waals surface area contributed by atoms with Crippen LogP contribution < -0.4 is 5.73 Å². The quantitative estimate of drug-likeness (QED) is 0.759. The Morgan fingerprint density at radius 3 is 2.78 bits per heavy atom. The van der Waals surface area contributed by atoms with Crippen LogP contribution in [0.5, 0.6) is 0 Å². The van der Waals surface area contributed by atoms with E-state index in [4.69, 9.17) is 5.73 Å². The van der Waals surface area contributed by atoms with Gasteiger partial charge in [0.1, 0.15) is 11.5 Å². The molecule has 0 radical (unpaired) electrons. The summed E-state index contributed by atoms with van der Waals surface area (Å²) in [6, 6.07) is 10.4. The molecule has 90 valence electrons. The van der Waals surface area contributed by atoms with E-state index in [0.29, 0.717) is 5.13 Å². The van der Waals surface area contributed by atoms with Crippen molar-refractivity contribution in [2.24, 2.45) is 0 Å². The summed E-state index contributed by atoms with van der Waals surface area (Å²) >= 11 is 2.98. The fraction of sp³-hybridized carbons (Fsp3) is 0. The number of anilines is 1. The van der Waals surface area contributed by atoms with Crippen LogP contribution in [-0.4, -0.2) is 4.98 Å². The van der Waals surface area contributed by atoms with Crippen LogP contribution in [0, 0.1) is 5.82 Å². The van der Waals surface area contributed by atoms with Crippen LogP contribution in [0.4, 0.5) is 9.52 Å². The Morgan fingerprint density at radius 2 is 2.06 bits per heavy atom. The van der Waals surface area contributed by atoms with Crippen molar-refractivity contribution in [2.75, 3.05) is 5.73 Å². The maximum atomic E-state index is 13.3. The Hall–Kier alpha value is -1.72. The summed E-state index contributed by atoms with van der Waals surface area (Å²) in [4.78, 5) is 6.30. The largest absolute Gasteiger partial charge is 0.375 e. The fourth-order valence-corrected chi connectivity index (χ4v) is 3.37. The van der Waals surface area contributed by atoms with E-state index >= 15 is 0 Å². The molecule has 0 saturated heterocycles. The molecule has 3 rings (SSSR count). The van der Waals surface area contributed by atoms with Crippen molar-refractivity contribution in [1.29, 1.82) is 0 Å². The second-order valence-electron chi connectivity index (χ2n) is 3.72. The van der Waals surface area contributed by atoms with Crippen molar-refractivity contribution in [3.05, 3.63) is 47.6 Å². The topological polar surface area (TPSA) is 38.9 Å². The Labute approximate surface area is 112 Å². The van der Waals surface area contributed by atoms with Gasteiger partial charge in [-0.25, -0.2) is 9.37 Å². The molecule has 1 aromatic carbocycles. The number of benzene rings is 1. The average Bonchev–Trinajstić information content (AvgIpc) is 2.97. The van der Waals surface area contributed by atoms with Crippen LogP contribution in [0.15, 0.2) is 41.8 Å². The van der Waals surface area contributed by atoms with E-state index in [1.54, 1.807) is 17.4 Å². The number of hydrogen-bond acceptors (Lipinski definition) is 4. The van der Waals surface area contributed by atoms with Crippen molar-refractivity contribution in [3.8, 4) is 21.0 Å². The first-order valence-corrected chi connectivity index (χ1v) is 7.00. The van der Waals surface area contributed by atoms with Crippen molar-refractivity contribution in [2.45, 2.75) is 0 Å². The molecule has 0 bridgehead atoms. The Morgan fingerprint density at radius 1 is 1.17 bits per heavy atom. The molecule has 0 atom stereocenters. The lowest BCUT2D eigenvalue weighted by molar-refractivity contribution is 0.628. The summed E-state index contributed by atoms with van der Waals surface area (Å²) in [5.41, 5.74) is 7.42. The minimum absolute atomic E-state index is 0.253. The maximum absolute atomic E-state index is 13.3. The van der Waals surface area contributed by atoms with E-state index in [-0.39, 0.29) is 5.82 Å². The molecular weight excluding hydrogens is 267 g/mol. The molecule has 0 fully saturated rings. The van der Waals surface area contributed by atoms with E-state index in [9.17, 15) is 4.39 Å². The number of hydrogen-bond donors (Lipinski definition) is 1. The molecule has 0 spiro atoms. The van der Waals surface area contributed by atoms with Crippen LogP contribution in [0.25, 0.3) is 21.0 Å². The van der Waals surface area contributed by atoms with Crippen molar-refractivity contribution < 1.29 is 4.39 Å². The molecule has 2 aromatic heterocycles. The van der Waals surface area contributed by atoms with Gasteiger partial charge in [0.2, 0.25) is 0 Å². The lowest BCUT2D eigenvalue weighted by atomic mass is 10.1. The van der Waals surface area contributed by atoms with Gasteiger partial charge in [0.15, 0.2) is 5.13 Å². The predicted molar refractivity (Wildman–Crippen MR) is 75.2 cm³/mol. The fourth-order valence-electron chi connectivity index (χ4n) is 1.74. The SMILES string of the molecule is Nc1nc(-c2cccs2)c(-c2cccc(F)c2)s1. The molecule has 5 heteroatoms. The van der Waals surface area contributed by atoms with Crippen molar-refractivity contribution in [1.82, 2.24) is 4.98 Å². The summed E-state index contributed by atoms with van der Waals surface area (Å²) in [5, 5.41) is 2.48. The van der Waals surface area contributed by atoms with Gasteiger partial charge in [-0.2, -0.15) is 0 Å². The first-order valence-electron chi connectivity index (χ1n) is 5.30. The van der Waals surface area contributed by atoms with Crippen LogP contribution in [-0.2, 0) is 0 Å². The molecule has 2 N–H and O–H groups in total. The molecule has 2 heterocycles. The number of thiazole rings is 1. The highest BCUT2D eigenvalue weighted by atomic mass is 32.1. The van der Waals surface area contributed by atoms with E-state index < -0.39 is 0 Å². The van der Waals surface area contributed by atoms with Crippen LogP contribution in [0.3, 0.4) is 0 Å². The van der Waals surface area contributed by atoms with Gasteiger partial charge < -0.3 is 5.73 Å². The third kappa shape index (κ3) is 2.02. The molecule has 2 nitrogen and oxygen atoms in total. The third-order valence-electron chi connectivity index (χ3n) is 2.49. The number of thiophene rings is 1. The van der Waals surface area contributed by atoms with E-state index in [1.165, 1.54) is 23.5 Å². The number of aromatic nitrogens is 1. The van der Waals surface area contributed by atoms with Gasteiger partial charge in [-0.05, 0) is 29.1 Å². The zero-order valence-electron chi connectivity index (χ0n) is 9.26. The monoisotopic (exact) mass is 276 g/mol. The first kappa shape index (κ1) is 11.4. The molecule has 0 aliphatic heterocycles. The lowest BCUT2D eigenvalue weighted by Gasteiger charge is -2.00. The van der Waals surface area contributed by atoms with Gasteiger partial charge in [0.05, 0.1) is 9.75 Å². The van der Waals surface area contributed by atoms with Crippen molar-refractivity contribution >= 4 is 27.8 Å². The van der Waals surface area contributed by atoms with Gasteiger partial charge >= 0.3 is 0 Å². The molecule has 18 heavy (non-hydrogen) atoms. The summed E-state index contributed by atoms with van der Waals surface area (Å²) in [6.07, 6.45) is 0. The Kier molecular flexibility index (Phi) is 2.85. The normalized spacial score (nSPS) is 10.7. The minimum atomic E-state index is -0.253. The highest BCUT2D eigenvalue weighted by molar-refractivity contribution is 7.20. The Bertz CT molecular complexity index is 674. The summed E-state index contributed by atoms with van der Waals surface area (Å²) in [7, 11) is 0. The lowest BCUT2D eigenvalue weighted by Crippen LogP contribution is -1.82. The summed E-state index contributed by atoms with van der Waals surface area (Å²) < 4.78 is 13.3. The van der Waals surface area contributed by atoms with Crippen LogP contribution in [0.2, 0.25) is 0 Å². The van der Waals surface area contributed by atoms with Gasteiger partial charge in [0.25, 0.3) is 0 Å². The third-order valence-corrected chi connectivity index (χ3v) is 4.30. The van der Waals surface area contributed by atoms with E-state index in [2.05, 4.69) is 4.98 Å². The van der Waals surface area contributed by atoms with Crippen LogP contribution in [0.1, 0.15) is 0 Å². The minimum Gasteiger partial charge on any atom is -0.375 e. The molecule has 3 aromatic rings. The average molecular weight is 276 g/mol. The second kappa shape index (κ2) is 4.51. The number of nitrogens with two attached hydrogens (primary N) is 1. The molecule has 0 unspecified atom stereocenters. The van der Waals surface area contributed by atoms with Gasteiger partial charge in [0, 0.05) is 0 Å². The van der Waals surface area contributed by atoms with Crippen molar-refractivity contribution in [3.63, 3.8) is 0 Å². The standard InChI is InChI=1S/C13H9FN2S2/c14-9-4-1-3-8(7-9)12-11(16-13(15)18-12)10-5-2-6-17-10/h1-7H,(H2,15,16). The number of halogens is 1. The van der Waals surface area contributed by atoms with Gasteiger partial charge in [-0.15, -0.1) is 11.3 Å². The Balaban J connectivity index is 2.18. The van der Waals surface area contributed by atoms with Gasteiger partial charge in [-0.3, -0.25) is 0 Å². The highest BCUT2D eigenvalue weighted by Crippen LogP contribution is 2.39. The molecule has 0 amide bonds. The number of nitrogens with zero attached hydrogens (tertiary/aromatic N) is 1. The molecule has 0 saturated carbocycles. The smallest absolute Gasteiger partial charge is 0.181 e. The number of nitrogen functional groups attached to an aromatic ring is 1. The number of rotatable bonds is 2. The zero-order valence-corrected chi connectivity index (χ0v) is 10.9. The zero-order chi connectivity index (χ0) is 12.5. The first-order chi connectivity index (χ1) is 8.74. The van der Waals surface area contributed by atoms with Gasteiger partial charge in [-0.1, -0.05) is 29.5 Å². The summed E-state index contributed by atoms with van der Waals surface area (Å²) in [5.74, 6) is -0.253. The highest BCUT2D eigenvalue weighted by Gasteiger charge is 2.14.